The molecule has 3 rings (SSSR count). The number of hydrogen-bond acceptors (Lipinski definition) is 5. The number of hydrogen-bond donors (Lipinski definition) is 1. The molecule has 0 aliphatic carbocycles. The molecule has 0 saturated carbocycles. The van der Waals surface area contributed by atoms with E-state index >= 15 is 0 Å². The zero-order chi connectivity index (χ0) is 23.3. The molecule has 0 aliphatic rings. The third kappa shape index (κ3) is 5.17. The molecule has 0 aromatic heterocycles. The molecule has 3 aromatic carbocycles. The average Bonchev–Trinajstić information content (AvgIpc) is 2.78. The molecular formula is C23H21F2NO5S. The van der Waals surface area contributed by atoms with Gasteiger partial charge in [-0.3, -0.25) is 4.72 Å². The van der Waals surface area contributed by atoms with Crippen LogP contribution in [0, 0.1) is 11.6 Å². The van der Waals surface area contributed by atoms with E-state index in [9.17, 15) is 17.2 Å². The van der Waals surface area contributed by atoms with E-state index in [-0.39, 0.29) is 10.6 Å². The Hall–Kier alpha value is -3.59. The first-order valence-corrected chi connectivity index (χ1v) is 10.8. The number of ether oxygens (including phenoxy) is 3. The standard InChI is InChI=1S/C23H21F2NO5S/c1-29-21-12-16(13-22(30-2)23(21)31-3)8-7-15-5-4-6-17(11-15)26-32(27,28)18-9-10-19(24)20(25)14-18/h4-14,26H,1-3H3/b8-7-. The summed E-state index contributed by atoms with van der Waals surface area (Å²) in [5.74, 6) is -0.891. The minimum absolute atomic E-state index is 0.266. The van der Waals surface area contributed by atoms with Crippen molar-refractivity contribution in [3.63, 3.8) is 0 Å². The molecule has 9 heteroatoms. The lowest BCUT2D eigenvalue weighted by molar-refractivity contribution is 0.324. The van der Waals surface area contributed by atoms with E-state index < -0.39 is 21.7 Å². The maximum atomic E-state index is 13.4. The zero-order valence-electron chi connectivity index (χ0n) is 17.6. The fraction of sp³-hybridized carbons (Fsp3) is 0.130. The summed E-state index contributed by atoms with van der Waals surface area (Å²) in [4.78, 5) is -0.380. The highest BCUT2D eigenvalue weighted by atomic mass is 32.2. The van der Waals surface area contributed by atoms with Crippen molar-refractivity contribution < 1.29 is 31.4 Å². The zero-order valence-corrected chi connectivity index (χ0v) is 18.4. The lowest BCUT2D eigenvalue weighted by Gasteiger charge is -2.13. The maximum Gasteiger partial charge on any atom is 0.261 e. The summed E-state index contributed by atoms with van der Waals surface area (Å²) in [7, 11) is 0.469. The first-order chi connectivity index (χ1) is 15.3. The van der Waals surface area contributed by atoms with Crippen LogP contribution < -0.4 is 18.9 Å². The molecular weight excluding hydrogens is 440 g/mol. The molecule has 0 saturated heterocycles. The molecule has 0 unspecified atom stereocenters. The highest BCUT2D eigenvalue weighted by Gasteiger charge is 2.17. The number of nitrogens with one attached hydrogen (secondary N) is 1. The molecule has 168 valence electrons. The van der Waals surface area contributed by atoms with E-state index in [1.54, 1.807) is 48.6 Å². The van der Waals surface area contributed by atoms with E-state index in [0.29, 0.717) is 28.9 Å². The Morgan fingerprint density at radius 2 is 1.44 bits per heavy atom. The summed E-state index contributed by atoms with van der Waals surface area (Å²) in [6.07, 6.45) is 3.57. The van der Waals surface area contributed by atoms with Crippen LogP contribution in [0.15, 0.2) is 59.5 Å². The van der Waals surface area contributed by atoms with Crippen LogP contribution in [-0.4, -0.2) is 29.7 Å². The summed E-state index contributed by atoms with van der Waals surface area (Å²) in [5, 5.41) is 0. The lowest BCUT2D eigenvalue weighted by atomic mass is 10.1. The molecule has 32 heavy (non-hydrogen) atoms. The third-order valence-corrected chi connectivity index (χ3v) is 5.87. The minimum Gasteiger partial charge on any atom is -0.493 e. The van der Waals surface area contributed by atoms with Crippen LogP contribution in [-0.2, 0) is 10.0 Å². The normalized spacial score (nSPS) is 11.4. The molecule has 0 aliphatic heterocycles. The van der Waals surface area contributed by atoms with Crippen LogP contribution in [0.25, 0.3) is 12.2 Å². The summed E-state index contributed by atoms with van der Waals surface area (Å²) < 4.78 is 69.9. The van der Waals surface area contributed by atoms with Crippen molar-refractivity contribution in [2.24, 2.45) is 0 Å². The quantitative estimate of drug-likeness (QED) is 0.480. The van der Waals surface area contributed by atoms with Gasteiger partial charge < -0.3 is 14.2 Å². The van der Waals surface area contributed by atoms with Crippen LogP contribution in [0.2, 0.25) is 0 Å². The average molecular weight is 461 g/mol. The molecule has 3 aromatic rings. The Labute approximate surface area is 185 Å². The molecule has 0 heterocycles. The van der Waals surface area contributed by atoms with Crippen LogP contribution in [0.5, 0.6) is 17.2 Å². The third-order valence-electron chi connectivity index (χ3n) is 4.50. The molecule has 0 amide bonds. The molecule has 6 nitrogen and oxygen atoms in total. The van der Waals surface area contributed by atoms with Crippen molar-refractivity contribution in [2.75, 3.05) is 26.1 Å². The van der Waals surface area contributed by atoms with Gasteiger partial charge >= 0.3 is 0 Å². The molecule has 1 N–H and O–H groups in total. The second-order valence-electron chi connectivity index (χ2n) is 6.60. The number of methoxy groups -OCH3 is 3. The van der Waals surface area contributed by atoms with E-state index in [2.05, 4.69) is 4.72 Å². The van der Waals surface area contributed by atoms with Crippen LogP contribution in [0.1, 0.15) is 11.1 Å². The minimum atomic E-state index is -4.09. The van der Waals surface area contributed by atoms with Crippen molar-refractivity contribution in [3.8, 4) is 17.2 Å². The Bertz CT molecular complexity index is 1230. The van der Waals surface area contributed by atoms with Crippen LogP contribution in [0.3, 0.4) is 0 Å². The van der Waals surface area contributed by atoms with E-state index in [1.165, 1.54) is 21.3 Å². The van der Waals surface area contributed by atoms with E-state index in [1.807, 2.05) is 0 Å². The Kier molecular flexibility index (Phi) is 6.99. The fourth-order valence-corrected chi connectivity index (χ4v) is 4.01. The van der Waals surface area contributed by atoms with Gasteiger partial charge in [0.2, 0.25) is 5.75 Å². The Morgan fingerprint density at radius 1 is 0.781 bits per heavy atom. The number of sulfonamides is 1. The highest BCUT2D eigenvalue weighted by Crippen LogP contribution is 2.38. The fourth-order valence-electron chi connectivity index (χ4n) is 2.95. The van der Waals surface area contributed by atoms with Gasteiger partial charge in [-0.25, -0.2) is 17.2 Å². The summed E-state index contributed by atoms with van der Waals surface area (Å²) in [5.41, 5.74) is 1.73. The van der Waals surface area contributed by atoms with Gasteiger partial charge in [0.05, 0.1) is 26.2 Å². The van der Waals surface area contributed by atoms with Gasteiger partial charge in [-0.1, -0.05) is 24.3 Å². The monoisotopic (exact) mass is 461 g/mol. The Morgan fingerprint density at radius 3 is 2.03 bits per heavy atom. The van der Waals surface area contributed by atoms with E-state index in [4.69, 9.17) is 14.2 Å². The second kappa shape index (κ2) is 9.69. The van der Waals surface area contributed by atoms with E-state index in [0.717, 1.165) is 17.7 Å². The predicted octanol–water partition coefficient (Wildman–Crippen LogP) is 4.96. The summed E-state index contributed by atoms with van der Waals surface area (Å²) >= 11 is 0. The van der Waals surface area contributed by atoms with Crippen molar-refractivity contribution in [2.45, 2.75) is 4.90 Å². The van der Waals surface area contributed by atoms with Gasteiger partial charge in [-0.2, -0.15) is 0 Å². The smallest absolute Gasteiger partial charge is 0.261 e. The molecule has 0 atom stereocenters. The molecule has 0 spiro atoms. The highest BCUT2D eigenvalue weighted by molar-refractivity contribution is 7.92. The van der Waals surface area contributed by atoms with Crippen molar-refractivity contribution in [3.05, 3.63) is 77.4 Å². The first-order valence-electron chi connectivity index (χ1n) is 9.33. The largest absolute Gasteiger partial charge is 0.493 e. The SMILES string of the molecule is COc1cc(/C=C\c2cccc(NS(=O)(=O)c3ccc(F)c(F)c3)c2)cc(OC)c1OC. The topological polar surface area (TPSA) is 73.9 Å². The van der Waals surface area contributed by atoms with Crippen molar-refractivity contribution >= 4 is 27.9 Å². The van der Waals surface area contributed by atoms with Gasteiger partial charge in [0, 0.05) is 5.69 Å². The Balaban J connectivity index is 1.85. The first kappa shape index (κ1) is 23.1. The molecule has 0 radical (unpaired) electrons. The van der Waals surface area contributed by atoms with Crippen molar-refractivity contribution in [1.82, 2.24) is 0 Å². The lowest BCUT2D eigenvalue weighted by Crippen LogP contribution is -2.13. The van der Waals surface area contributed by atoms with Gasteiger partial charge in [0.25, 0.3) is 10.0 Å². The van der Waals surface area contributed by atoms with Gasteiger partial charge in [-0.05, 0) is 53.6 Å². The van der Waals surface area contributed by atoms with Crippen molar-refractivity contribution in [1.29, 1.82) is 0 Å². The summed E-state index contributed by atoms with van der Waals surface area (Å²) in [6, 6.07) is 12.5. The van der Waals surface area contributed by atoms with Gasteiger partial charge in [0.15, 0.2) is 23.1 Å². The van der Waals surface area contributed by atoms with Crippen LogP contribution in [0.4, 0.5) is 14.5 Å². The van der Waals surface area contributed by atoms with Crippen LogP contribution >= 0.6 is 0 Å². The second-order valence-corrected chi connectivity index (χ2v) is 8.28. The summed E-state index contributed by atoms with van der Waals surface area (Å²) in [6.45, 7) is 0. The molecule has 0 fully saturated rings. The maximum absolute atomic E-state index is 13.4. The van der Waals surface area contributed by atoms with Gasteiger partial charge in [0.1, 0.15) is 0 Å². The number of rotatable bonds is 8. The number of benzene rings is 3. The van der Waals surface area contributed by atoms with Gasteiger partial charge in [-0.15, -0.1) is 0 Å². The predicted molar refractivity (Wildman–Crippen MR) is 119 cm³/mol. The number of anilines is 1. The number of halogens is 2. The molecule has 0 bridgehead atoms.